The molecule has 0 amide bonds. The van der Waals surface area contributed by atoms with Gasteiger partial charge in [-0.1, -0.05) is 69.8 Å². The lowest BCUT2D eigenvalue weighted by Gasteiger charge is -2.17. The molecule has 5 heteroatoms. The van der Waals surface area contributed by atoms with Gasteiger partial charge in [0.25, 0.3) is 0 Å². The van der Waals surface area contributed by atoms with E-state index >= 15 is 0 Å². The molecule has 0 radical (unpaired) electrons. The molecule has 23 heavy (non-hydrogen) atoms. The van der Waals surface area contributed by atoms with Crippen molar-refractivity contribution < 1.29 is 0 Å². The first-order chi connectivity index (χ1) is 11.0. The van der Waals surface area contributed by atoms with Gasteiger partial charge in [0.15, 0.2) is 0 Å². The Morgan fingerprint density at radius 1 is 0.478 bits per heavy atom. The van der Waals surface area contributed by atoms with E-state index in [1.54, 1.807) is 0 Å². The van der Waals surface area contributed by atoms with Crippen LogP contribution >= 0.6 is 0 Å². The first kappa shape index (κ1) is 14.6. The van der Waals surface area contributed by atoms with Crippen molar-refractivity contribution in [1.82, 2.24) is 0 Å². The molecule has 4 rings (SSSR count). The minimum absolute atomic E-state index is 1.33. The molecule has 104 valence electrons. The molecule has 4 aromatic rings. The summed E-state index contributed by atoms with van der Waals surface area (Å²) in [7, 11) is 11.1. The SMILES string of the molecule is Bc1cc(B)c2c(c1)c1cc(B)c(B)cc1c1c(B)cccc21. The number of hydrogen-bond acceptors (Lipinski definition) is 0. The van der Waals surface area contributed by atoms with E-state index in [2.05, 4.69) is 81.7 Å². The average molecular weight is 287 g/mol. The van der Waals surface area contributed by atoms with Gasteiger partial charge in [0, 0.05) is 0 Å². The number of rotatable bonds is 0. The highest BCUT2D eigenvalue weighted by Gasteiger charge is 2.12. The summed E-state index contributed by atoms with van der Waals surface area (Å²) in [4.78, 5) is 0. The van der Waals surface area contributed by atoms with Crippen LogP contribution in [-0.4, -0.2) is 39.2 Å². The van der Waals surface area contributed by atoms with E-state index in [9.17, 15) is 0 Å². The summed E-state index contributed by atoms with van der Waals surface area (Å²) in [6, 6.07) is 16.1. The fourth-order valence-corrected chi connectivity index (χ4v) is 4.02. The molecule has 0 aromatic heterocycles. The van der Waals surface area contributed by atoms with Crippen molar-refractivity contribution in [3.63, 3.8) is 0 Å². The van der Waals surface area contributed by atoms with E-state index in [4.69, 9.17) is 0 Å². The van der Waals surface area contributed by atoms with Crippen molar-refractivity contribution in [1.29, 1.82) is 0 Å². The van der Waals surface area contributed by atoms with Crippen LogP contribution < -0.4 is 27.3 Å². The van der Waals surface area contributed by atoms with Crippen LogP contribution in [0, 0.1) is 0 Å². The smallest absolute Gasteiger partial charge is 0.0945 e. The monoisotopic (exact) mass is 288 g/mol. The van der Waals surface area contributed by atoms with Crippen molar-refractivity contribution in [3.05, 3.63) is 42.5 Å². The van der Waals surface area contributed by atoms with E-state index in [1.165, 1.54) is 59.6 Å². The summed E-state index contributed by atoms with van der Waals surface area (Å²) in [5, 5.41) is 8.36. The minimum Gasteiger partial charge on any atom is -0.0945 e. The van der Waals surface area contributed by atoms with Gasteiger partial charge < -0.3 is 0 Å². The number of benzene rings is 4. The third-order valence-corrected chi connectivity index (χ3v) is 5.22. The van der Waals surface area contributed by atoms with Crippen molar-refractivity contribution >= 4 is 98.9 Å². The minimum atomic E-state index is 1.33. The standard InChI is InChI=1S/C18H17B5/c19-8-4-11-10-6-14(21)15(22)7-12(10)17-9(2-1-3-13(17)20)18(11)16(23)5-8/h1-7H,19-23H2. The van der Waals surface area contributed by atoms with Crippen molar-refractivity contribution in [2.75, 3.05) is 0 Å². The molecule has 0 fully saturated rings. The second-order valence-corrected chi connectivity index (χ2v) is 6.98. The van der Waals surface area contributed by atoms with Crippen LogP contribution in [0.3, 0.4) is 0 Å². The molecule has 0 heterocycles. The zero-order valence-corrected chi connectivity index (χ0v) is 14.5. The summed E-state index contributed by atoms with van der Waals surface area (Å²) in [5.74, 6) is 0. The lowest BCUT2D eigenvalue weighted by molar-refractivity contribution is 1.87. The normalized spacial score (nSPS) is 11.5. The van der Waals surface area contributed by atoms with Crippen molar-refractivity contribution in [3.8, 4) is 0 Å². The second-order valence-electron chi connectivity index (χ2n) is 6.98. The molecule has 0 spiro atoms. The van der Waals surface area contributed by atoms with Gasteiger partial charge in [0.1, 0.15) is 39.2 Å². The first-order valence-electron chi connectivity index (χ1n) is 8.30. The molecular formula is C18H17B5. The summed E-state index contributed by atoms with van der Waals surface area (Å²) in [6.45, 7) is 0. The Morgan fingerprint density at radius 3 is 1.83 bits per heavy atom. The molecule has 0 saturated heterocycles. The molecule has 0 bridgehead atoms. The maximum atomic E-state index is 2.37. The Labute approximate surface area is 141 Å². The van der Waals surface area contributed by atoms with Crippen LogP contribution in [-0.2, 0) is 0 Å². The second kappa shape index (κ2) is 4.99. The molecule has 0 N–H and O–H groups in total. The quantitative estimate of drug-likeness (QED) is 0.232. The predicted octanol–water partition coefficient (Wildman–Crippen LogP) is -3.56. The Morgan fingerprint density at radius 2 is 1.09 bits per heavy atom. The predicted molar refractivity (Wildman–Crippen MR) is 120 cm³/mol. The van der Waals surface area contributed by atoms with Gasteiger partial charge in [0.05, 0.1) is 0 Å². The summed E-state index contributed by atoms with van der Waals surface area (Å²) in [6.07, 6.45) is 0. The van der Waals surface area contributed by atoms with E-state index in [1.807, 2.05) is 0 Å². The van der Waals surface area contributed by atoms with Gasteiger partial charge >= 0.3 is 0 Å². The molecule has 0 nitrogen and oxygen atoms in total. The Bertz CT molecular complexity index is 1100. The molecule has 0 saturated carbocycles. The Balaban J connectivity index is 2.46. The Hall–Kier alpha value is -2.02. The lowest BCUT2D eigenvalue weighted by atomic mass is 9.74. The molecular weight excluding hydrogens is 270 g/mol. The van der Waals surface area contributed by atoms with Gasteiger partial charge in [-0.3, -0.25) is 0 Å². The van der Waals surface area contributed by atoms with Crippen molar-refractivity contribution in [2.24, 2.45) is 0 Å². The van der Waals surface area contributed by atoms with E-state index in [0.29, 0.717) is 0 Å². The van der Waals surface area contributed by atoms with E-state index in [-0.39, 0.29) is 0 Å². The first-order valence-corrected chi connectivity index (χ1v) is 8.30. The van der Waals surface area contributed by atoms with Crippen LogP contribution in [0.1, 0.15) is 0 Å². The van der Waals surface area contributed by atoms with Gasteiger partial charge in [-0.05, 0) is 32.3 Å². The van der Waals surface area contributed by atoms with E-state index < -0.39 is 0 Å². The molecule has 0 aliphatic carbocycles. The van der Waals surface area contributed by atoms with Crippen molar-refractivity contribution in [2.45, 2.75) is 0 Å². The Kier molecular flexibility index (Phi) is 3.16. The fraction of sp³-hybridized carbons (Fsp3) is 0. The molecule has 0 unspecified atom stereocenters. The summed E-state index contributed by atoms with van der Waals surface area (Å²) >= 11 is 0. The molecule has 4 aromatic carbocycles. The van der Waals surface area contributed by atoms with Crippen LogP contribution in [0.4, 0.5) is 0 Å². The topological polar surface area (TPSA) is 0 Å². The number of fused-ring (bicyclic) bond motifs is 6. The third-order valence-electron chi connectivity index (χ3n) is 5.22. The highest BCUT2D eigenvalue weighted by atomic mass is 14.1. The van der Waals surface area contributed by atoms with Gasteiger partial charge in [-0.15, -0.1) is 0 Å². The third kappa shape index (κ3) is 2.06. The average Bonchev–Trinajstić information content (AvgIpc) is 2.48. The zero-order chi connectivity index (χ0) is 16.3. The van der Waals surface area contributed by atoms with Gasteiger partial charge in [-0.2, -0.15) is 0 Å². The highest BCUT2D eigenvalue weighted by Crippen LogP contribution is 2.31. The highest BCUT2D eigenvalue weighted by molar-refractivity contribution is 6.53. The molecule has 0 aliphatic rings. The molecule has 0 aliphatic heterocycles. The van der Waals surface area contributed by atoms with Gasteiger partial charge in [-0.25, -0.2) is 0 Å². The molecule has 0 atom stereocenters. The maximum absolute atomic E-state index is 2.37. The van der Waals surface area contributed by atoms with Crippen LogP contribution in [0.25, 0.3) is 32.3 Å². The maximum Gasteiger partial charge on any atom is 0.140 e. The number of hydrogen-bond donors (Lipinski definition) is 0. The summed E-state index contributed by atoms with van der Waals surface area (Å²) in [5.41, 5.74) is 6.80. The van der Waals surface area contributed by atoms with Gasteiger partial charge in [0.2, 0.25) is 0 Å². The fourth-order valence-electron chi connectivity index (χ4n) is 4.02. The van der Waals surface area contributed by atoms with E-state index in [0.717, 1.165) is 0 Å². The van der Waals surface area contributed by atoms with Crippen LogP contribution in [0.5, 0.6) is 0 Å². The lowest BCUT2D eigenvalue weighted by Crippen LogP contribution is -2.25. The van der Waals surface area contributed by atoms with Crippen LogP contribution in [0.15, 0.2) is 42.5 Å². The largest absolute Gasteiger partial charge is 0.140 e. The zero-order valence-electron chi connectivity index (χ0n) is 14.5. The van der Waals surface area contributed by atoms with Crippen LogP contribution in [0.2, 0.25) is 0 Å². The summed E-state index contributed by atoms with van der Waals surface area (Å²) < 4.78 is 0.